The average molecular weight is 338 g/mol. The van der Waals surface area contributed by atoms with E-state index >= 15 is 0 Å². The molecule has 1 heterocycles. The molecule has 1 amide bonds. The summed E-state index contributed by atoms with van der Waals surface area (Å²) in [4.78, 5) is 13.3. The van der Waals surface area contributed by atoms with Gasteiger partial charge in [-0.1, -0.05) is 20.3 Å². The molecule has 22 heavy (non-hydrogen) atoms. The minimum atomic E-state index is -0.139. The Morgan fingerprint density at radius 2 is 2.14 bits per heavy atom. The summed E-state index contributed by atoms with van der Waals surface area (Å²) in [5.74, 6) is 1.94. The van der Waals surface area contributed by atoms with Gasteiger partial charge in [-0.2, -0.15) is 0 Å². The third-order valence-electron chi connectivity index (χ3n) is 4.80. The maximum absolute atomic E-state index is 12.1. The first-order valence-corrected chi connectivity index (χ1v) is 9.27. The predicted octanol–water partition coefficient (Wildman–Crippen LogP) is 3.17. The fourth-order valence-corrected chi connectivity index (χ4v) is 4.69. The zero-order chi connectivity index (χ0) is 15.7. The van der Waals surface area contributed by atoms with Gasteiger partial charge < -0.3 is 5.32 Å². The summed E-state index contributed by atoms with van der Waals surface area (Å²) in [6, 6.07) is 2.42. The Balaban J connectivity index is 1.45. The van der Waals surface area contributed by atoms with Crippen molar-refractivity contribution in [3.05, 3.63) is 21.9 Å². The summed E-state index contributed by atoms with van der Waals surface area (Å²) in [5.41, 5.74) is 6.20. The normalized spacial score (nSPS) is 26.2. The topological polar surface area (TPSA) is 53.2 Å². The summed E-state index contributed by atoms with van der Waals surface area (Å²) < 4.78 is 0. The van der Waals surface area contributed by atoms with Crippen LogP contribution in [0.5, 0.6) is 0 Å². The van der Waals surface area contributed by atoms with Gasteiger partial charge >= 0.3 is 0 Å². The number of rotatable bonds is 3. The number of hydrogen-bond donors (Lipinski definition) is 3. The Labute approximate surface area is 141 Å². The summed E-state index contributed by atoms with van der Waals surface area (Å²) in [6.07, 6.45) is 5.22. The molecule has 120 valence electrons. The molecule has 0 unspecified atom stereocenters. The first kappa shape index (κ1) is 15.7. The molecule has 0 saturated heterocycles. The van der Waals surface area contributed by atoms with Crippen LogP contribution < -0.4 is 16.2 Å². The van der Waals surface area contributed by atoms with Gasteiger partial charge in [-0.15, -0.1) is 11.3 Å². The van der Waals surface area contributed by atoms with E-state index in [0.717, 1.165) is 11.8 Å². The Kier molecular flexibility index (Phi) is 4.68. The van der Waals surface area contributed by atoms with Gasteiger partial charge in [0.05, 0.1) is 5.56 Å². The molecule has 0 aromatic carbocycles. The lowest BCUT2D eigenvalue weighted by molar-refractivity contribution is 0.0944. The first-order valence-electron chi connectivity index (χ1n) is 7.98. The minimum Gasteiger partial charge on any atom is -0.358 e. The molecule has 2 bridgehead atoms. The van der Waals surface area contributed by atoms with Gasteiger partial charge in [0.2, 0.25) is 0 Å². The van der Waals surface area contributed by atoms with E-state index in [1.807, 2.05) is 11.4 Å². The van der Waals surface area contributed by atoms with Crippen molar-refractivity contribution in [2.75, 3.05) is 0 Å². The third kappa shape index (κ3) is 3.43. The van der Waals surface area contributed by atoms with Gasteiger partial charge in [0.25, 0.3) is 5.91 Å². The lowest BCUT2D eigenvalue weighted by Crippen LogP contribution is -2.50. The molecule has 1 aromatic rings. The van der Waals surface area contributed by atoms with Crippen molar-refractivity contribution in [3.8, 4) is 0 Å². The molecular formula is C16H23N3OS2. The highest BCUT2D eigenvalue weighted by atomic mass is 32.1. The van der Waals surface area contributed by atoms with Crippen molar-refractivity contribution in [3.63, 3.8) is 0 Å². The molecule has 2 aliphatic rings. The average Bonchev–Trinajstić information content (AvgIpc) is 3.20. The van der Waals surface area contributed by atoms with E-state index in [0.29, 0.717) is 22.6 Å². The number of carbonyl (C=O) groups is 1. The molecule has 2 aliphatic carbocycles. The second-order valence-corrected chi connectivity index (χ2v) is 8.08. The maximum atomic E-state index is 12.1. The third-order valence-corrected chi connectivity index (χ3v) is 6.25. The molecular weight excluding hydrogens is 314 g/mol. The second-order valence-electron chi connectivity index (χ2n) is 6.73. The molecule has 1 aromatic heterocycles. The molecule has 3 rings (SSSR count). The minimum absolute atomic E-state index is 0.139. The molecule has 3 N–H and O–H groups in total. The zero-order valence-corrected chi connectivity index (χ0v) is 14.7. The molecule has 4 nitrogen and oxygen atoms in total. The van der Waals surface area contributed by atoms with Crippen LogP contribution in [0.1, 0.15) is 60.7 Å². The number of hydrogen-bond acceptors (Lipinski definition) is 3. The van der Waals surface area contributed by atoms with E-state index in [2.05, 4.69) is 30.0 Å². The standard InChI is InChI=1S/C16H23N3OS2/c1-9(2)14-7-12(8-22-14)15(20)18-19-16(21)17-13-6-10-3-4-11(13)5-10/h7-11,13H,3-6H2,1-2H3,(H,18,20)(H2,17,19,21)/t10-,11-,13-/m1/s1. The molecule has 2 fully saturated rings. The largest absolute Gasteiger partial charge is 0.358 e. The summed E-state index contributed by atoms with van der Waals surface area (Å²) >= 11 is 6.90. The Morgan fingerprint density at radius 1 is 1.32 bits per heavy atom. The van der Waals surface area contributed by atoms with Gasteiger partial charge in [-0.05, 0) is 55.3 Å². The zero-order valence-electron chi connectivity index (χ0n) is 13.0. The van der Waals surface area contributed by atoms with Gasteiger partial charge in [0.15, 0.2) is 5.11 Å². The molecule has 3 atom stereocenters. The molecule has 6 heteroatoms. The monoisotopic (exact) mass is 337 g/mol. The Hall–Kier alpha value is -1.14. The number of thiocarbonyl (C=S) groups is 1. The lowest BCUT2D eigenvalue weighted by Gasteiger charge is -2.24. The quantitative estimate of drug-likeness (QED) is 0.586. The Morgan fingerprint density at radius 3 is 2.73 bits per heavy atom. The fourth-order valence-electron chi connectivity index (χ4n) is 3.59. The van der Waals surface area contributed by atoms with Crippen LogP contribution >= 0.6 is 23.6 Å². The highest BCUT2D eigenvalue weighted by Crippen LogP contribution is 2.44. The van der Waals surface area contributed by atoms with Crippen LogP contribution in [0.2, 0.25) is 0 Å². The summed E-state index contributed by atoms with van der Waals surface area (Å²) in [7, 11) is 0. The summed E-state index contributed by atoms with van der Waals surface area (Å²) in [5, 5.41) is 5.76. The highest BCUT2D eigenvalue weighted by Gasteiger charge is 2.39. The van der Waals surface area contributed by atoms with Gasteiger partial charge in [-0.25, -0.2) is 0 Å². The molecule has 0 radical (unpaired) electrons. The van der Waals surface area contributed by atoms with Crippen LogP contribution in [0.4, 0.5) is 0 Å². The van der Waals surface area contributed by atoms with E-state index in [1.54, 1.807) is 11.3 Å². The van der Waals surface area contributed by atoms with E-state index in [-0.39, 0.29) is 5.91 Å². The Bertz CT molecular complexity index is 569. The number of nitrogens with one attached hydrogen (secondary N) is 3. The maximum Gasteiger partial charge on any atom is 0.270 e. The van der Waals surface area contributed by atoms with Crippen LogP contribution in [0.3, 0.4) is 0 Å². The van der Waals surface area contributed by atoms with Crippen molar-refractivity contribution in [1.82, 2.24) is 16.2 Å². The van der Waals surface area contributed by atoms with Crippen LogP contribution in [0.15, 0.2) is 11.4 Å². The number of fused-ring (bicyclic) bond motifs is 2. The first-order chi connectivity index (χ1) is 10.5. The van der Waals surface area contributed by atoms with Crippen molar-refractivity contribution in [1.29, 1.82) is 0 Å². The van der Waals surface area contributed by atoms with E-state index in [9.17, 15) is 4.79 Å². The number of hydrazine groups is 1. The van der Waals surface area contributed by atoms with E-state index < -0.39 is 0 Å². The number of thiophene rings is 1. The van der Waals surface area contributed by atoms with Crippen LogP contribution in [-0.2, 0) is 0 Å². The number of amides is 1. The number of carbonyl (C=O) groups excluding carboxylic acids is 1. The van der Waals surface area contributed by atoms with E-state index in [1.165, 1.54) is 30.6 Å². The van der Waals surface area contributed by atoms with Crippen molar-refractivity contribution in [2.24, 2.45) is 11.8 Å². The van der Waals surface area contributed by atoms with Crippen LogP contribution in [-0.4, -0.2) is 17.1 Å². The molecule has 2 saturated carbocycles. The lowest BCUT2D eigenvalue weighted by atomic mass is 9.96. The van der Waals surface area contributed by atoms with E-state index in [4.69, 9.17) is 12.2 Å². The highest BCUT2D eigenvalue weighted by molar-refractivity contribution is 7.80. The van der Waals surface area contributed by atoms with Crippen molar-refractivity contribution < 1.29 is 4.79 Å². The predicted molar refractivity (Wildman–Crippen MR) is 94.0 cm³/mol. The fraction of sp³-hybridized carbons (Fsp3) is 0.625. The van der Waals surface area contributed by atoms with Gasteiger partial charge in [-0.3, -0.25) is 15.6 Å². The smallest absolute Gasteiger partial charge is 0.270 e. The molecule has 0 spiro atoms. The van der Waals surface area contributed by atoms with Crippen molar-refractivity contribution in [2.45, 2.75) is 51.5 Å². The van der Waals surface area contributed by atoms with Gasteiger partial charge in [0, 0.05) is 16.3 Å². The van der Waals surface area contributed by atoms with Crippen LogP contribution in [0.25, 0.3) is 0 Å². The molecule has 0 aliphatic heterocycles. The van der Waals surface area contributed by atoms with Crippen molar-refractivity contribution >= 4 is 34.6 Å². The van der Waals surface area contributed by atoms with Gasteiger partial charge in [0.1, 0.15) is 0 Å². The van der Waals surface area contributed by atoms with Crippen LogP contribution in [0, 0.1) is 11.8 Å². The second kappa shape index (κ2) is 6.54. The SMILES string of the molecule is CC(C)c1cc(C(=O)NNC(=S)N[C@@H]2C[C@@H]3CC[C@@H]2C3)cs1. The summed E-state index contributed by atoms with van der Waals surface area (Å²) in [6.45, 7) is 4.25.